The number of aliphatic hydroxyl groups excluding tert-OH is 2. The van der Waals surface area contributed by atoms with Crippen molar-refractivity contribution in [3.05, 3.63) is 80.5 Å². The fourth-order valence-corrected chi connectivity index (χ4v) is 5.67. The molecule has 5 rings (SSSR count). The van der Waals surface area contributed by atoms with Crippen LogP contribution in [0.1, 0.15) is 35.1 Å². The van der Waals surface area contributed by atoms with Crippen LogP contribution in [-0.4, -0.2) is 43.5 Å². The summed E-state index contributed by atoms with van der Waals surface area (Å²) < 4.78 is 0. The smallest absolute Gasteiger partial charge is 0.255 e. The van der Waals surface area contributed by atoms with Crippen LogP contribution in [0, 0.1) is 16.7 Å². The van der Waals surface area contributed by atoms with Crippen LogP contribution in [0.15, 0.2) is 58.5 Å². The minimum atomic E-state index is -2.60. The minimum Gasteiger partial charge on any atom is -0.508 e. The van der Waals surface area contributed by atoms with Crippen molar-refractivity contribution < 1.29 is 34.8 Å². The van der Waals surface area contributed by atoms with E-state index in [4.69, 9.17) is 5.73 Å². The number of primary amides is 1. The van der Waals surface area contributed by atoms with E-state index < -0.39 is 52.0 Å². The molecule has 1 amide bonds. The van der Waals surface area contributed by atoms with E-state index in [2.05, 4.69) is 5.18 Å². The zero-order valence-corrected chi connectivity index (χ0v) is 19.3. The van der Waals surface area contributed by atoms with Gasteiger partial charge in [-0.05, 0) is 58.8 Å². The van der Waals surface area contributed by atoms with Gasteiger partial charge >= 0.3 is 0 Å². The first-order valence-electron chi connectivity index (χ1n) is 11.5. The van der Waals surface area contributed by atoms with Crippen molar-refractivity contribution >= 4 is 41.1 Å². The number of aromatic hydroxyl groups is 1. The van der Waals surface area contributed by atoms with Crippen LogP contribution in [0.2, 0.25) is 0 Å². The van der Waals surface area contributed by atoms with Crippen molar-refractivity contribution in [2.45, 2.75) is 24.9 Å². The Morgan fingerprint density at radius 3 is 2.54 bits per heavy atom. The summed E-state index contributed by atoms with van der Waals surface area (Å²) in [7, 11) is 0. The monoisotopic (exact) mass is 502 g/mol. The number of carbonyl (C=O) groups is 3. The lowest BCUT2D eigenvalue weighted by Crippen LogP contribution is -2.58. The van der Waals surface area contributed by atoms with Crippen molar-refractivity contribution in [2.24, 2.45) is 22.7 Å². The van der Waals surface area contributed by atoms with Gasteiger partial charge in [0.15, 0.2) is 11.4 Å². The maximum Gasteiger partial charge on any atom is 0.255 e. The third kappa shape index (κ3) is 3.56. The molecular weight excluding hydrogens is 480 g/mol. The van der Waals surface area contributed by atoms with Crippen molar-refractivity contribution in [1.29, 1.82) is 0 Å². The van der Waals surface area contributed by atoms with E-state index in [1.807, 2.05) is 0 Å². The largest absolute Gasteiger partial charge is 0.508 e. The molecule has 3 aliphatic rings. The number of rotatable bonds is 4. The molecule has 2 aromatic carbocycles. The van der Waals surface area contributed by atoms with E-state index in [1.165, 1.54) is 6.07 Å². The zero-order chi connectivity index (χ0) is 26.6. The van der Waals surface area contributed by atoms with Gasteiger partial charge in [0.2, 0.25) is 5.78 Å². The number of aliphatic hydroxyl groups is 3. The molecule has 1 saturated carbocycles. The van der Waals surface area contributed by atoms with Crippen LogP contribution < -0.4 is 5.73 Å². The standard InChI is InChI=1S/C27H22N2O8/c28-26(35)22-19(31)11-15-9-14-10-17-13(5-4-12-2-1-3-16(8-12)29-37)6-7-18(30)21(17)23(32)20(14)24(33)27(15,36)25(22)34/h1-8,14-15,30,32,34,36H,9-11H2,(H2,28,35)/b5-4+/t14-,15+,27+/m1/s1. The molecule has 0 bridgehead atoms. The van der Waals surface area contributed by atoms with Gasteiger partial charge in [-0.1, -0.05) is 30.4 Å². The number of carbonyl (C=O) groups excluding carboxylic acids is 3. The molecule has 188 valence electrons. The molecule has 37 heavy (non-hydrogen) atoms. The first-order valence-corrected chi connectivity index (χ1v) is 11.5. The number of benzene rings is 2. The summed E-state index contributed by atoms with van der Waals surface area (Å²) in [6, 6.07) is 9.60. The van der Waals surface area contributed by atoms with E-state index >= 15 is 0 Å². The summed E-state index contributed by atoms with van der Waals surface area (Å²) in [6.45, 7) is 0. The SMILES string of the molecule is NC(=O)C1=C(O)[C@@]2(O)C(=O)C3=C(O)c4c(O)ccc(/C=C/c5cccc(N=O)c5)c4C[C@H]3C[C@H]2CC1=O. The normalized spacial score (nSPS) is 25.1. The molecular formula is C27H22N2O8. The van der Waals surface area contributed by atoms with Gasteiger partial charge in [-0.2, -0.15) is 0 Å². The summed E-state index contributed by atoms with van der Waals surface area (Å²) in [6.07, 6.45) is 3.33. The van der Waals surface area contributed by atoms with Crippen molar-refractivity contribution in [3.63, 3.8) is 0 Å². The van der Waals surface area contributed by atoms with E-state index in [0.29, 0.717) is 16.7 Å². The van der Waals surface area contributed by atoms with Crippen molar-refractivity contribution in [1.82, 2.24) is 0 Å². The Bertz CT molecular complexity index is 1500. The Hall–Kier alpha value is -4.57. The van der Waals surface area contributed by atoms with E-state index in [0.717, 1.165) is 0 Å². The van der Waals surface area contributed by atoms with Crippen LogP contribution in [-0.2, 0) is 20.8 Å². The van der Waals surface area contributed by atoms with Gasteiger partial charge in [-0.15, -0.1) is 4.91 Å². The van der Waals surface area contributed by atoms with E-state index in [-0.39, 0.29) is 41.8 Å². The highest BCUT2D eigenvalue weighted by atomic mass is 16.3. The van der Waals surface area contributed by atoms with Gasteiger partial charge in [-0.25, -0.2) is 0 Å². The first-order chi connectivity index (χ1) is 17.6. The molecule has 0 aromatic heterocycles. The number of phenolic OH excluding ortho intramolecular Hbond substituents is 1. The second-order valence-electron chi connectivity index (χ2n) is 9.45. The second kappa shape index (κ2) is 8.52. The predicted octanol–water partition coefficient (Wildman–Crippen LogP) is 2.99. The van der Waals surface area contributed by atoms with Crippen molar-refractivity contribution in [3.8, 4) is 5.75 Å². The summed E-state index contributed by atoms with van der Waals surface area (Å²) in [5, 5.41) is 46.6. The number of amides is 1. The fraction of sp³-hybridized carbons (Fsp3) is 0.222. The number of Topliss-reactive ketones (excluding diaryl/α,β-unsaturated/α-hetero) is 2. The van der Waals surface area contributed by atoms with Gasteiger partial charge in [-0.3, -0.25) is 14.4 Å². The fourth-order valence-electron chi connectivity index (χ4n) is 5.67. The quantitative estimate of drug-likeness (QED) is 0.240. The molecule has 10 nitrogen and oxygen atoms in total. The highest BCUT2D eigenvalue weighted by Gasteiger charge is 2.60. The highest BCUT2D eigenvalue weighted by Crippen LogP contribution is 2.52. The molecule has 0 spiro atoms. The molecule has 0 unspecified atom stereocenters. The molecule has 2 aromatic rings. The van der Waals surface area contributed by atoms with Gasteiger partial charge in [0.25, 0.3) is 5.91 Å². The molecule has 3 atom stereocenters. The number of fused-ring (bicyclic) bond motifs is 3. The van der Waals surface area contributed by atoms with Gasteiger partial charge in [0, 0.05) is 17.9 Å². The van der Waals surface area contributed by atoms with Crippen LogP contribution in [0.3, 0.4) is 0 Å². The molecule has 1 fully saturated rings. The average Bonchev–Trinajstić information content (AvgIpc) is 2.85. The topological polar surface area (TPSA) is 188 Å². The zero-order valence-electron chi connectivity index (χ0n) is 19.3. The molecule has 3 aliphatic carbocycles. The average molecular weight is 502 g/mol. The maximum absolute atomic E-state index is 13.5. The number of nitrogens with two attached hydrogens (primary N) is 1. The Labute approximate surface area is 210 Å². The lowest BCUT2D eigenvalue weighted by molar-refractivity contribution is -0.147. The lowest BCUT2D eigenvalue weighted by Gasteiger charge is -2.46. The number of hydrogen-bond acceptors (Lipinski definition) is 9. The van der Waals surface area contributed by atoms with Gasteiger partial charge < -0.3 is 26.2 Å². The Kier molecular flexibility index (Phi) is 5.56. The minimum absolute atomic E-state index is 0.0117. The molecule has 0 heterocycles. The number of hydrogen-bond donors (Lipinski definition) is 5. The van der Waals surface area contributed by atoms with Gasteiger partial charge in [0.05, 0.1) is 5.56 Å². The van der Waals surface area contributed by atoms with Gasteiger partial charge in [0.1, 0.15) is 28.5 Å². The molecule has 6 N–H and O–H groups in total. The highest BCUT2D eigenvalue weighted by molar-refractivity contribution is 6.22. The van der Waals surface area contributed by atoms with Crippen LogP contribution in [0.4, 0.5) is 5.69 Å². The van der Waals surface area contributed by atoms with Crippen LogP contribution in [0.25, 0.3) is 17.9 Å². The molecule has 0 saturated heterocycles. The number of nitrogens with zero attached hydrogens (tertiary/aromatic N) is 1. The number of ketones is 2. The maximum atomic E-state index is 13.5. The van der Waals surface area contributed by atoms with Crippen LogP contribution in [0.5, 0.6) is 5.75 Å². The summed E-state index contributed by atoms with van der Waals surface area (Å²) in [5.41, 5.74) is 3.72. The Balaban J connectivity index is 1.62. The first kappa shape index (κ1) is 24.1. The van der Waals surface area contributed by atoms with Crippen LogP contribution >= 0.6 is 0 Å². The number of nitroso groups, excluding NO2 is 1. The second-order valence-corrected chi connectivity index (χ2v) is 9.45. The molecule has 10 heteroatoms. The predicted molar refractivity (Wildman–Crippen MR) is 132 cm³/mol. The van der Waals surface area contributed by atoms with E-state index in [1.54, 1.807) is 42.5 Å². The molecule has 0 aliphatic heterocycles. The summed E-state index contributed by atoms with van der Waals surface area (Å²) in [5.74, 6) is -6.68. The Morgan fingerprint density at radius 1 is 1.08 bits per heavy atom. The lowest BCUT2D eigenvalue weighted by atomic mass is 9.59. The third-order valence-electron chi connectivity index (χ3n) is 7.41. The summed E-state index contributed by atoms with van der Waals surface area (Å²) in [4.78, 5) is 48.6. The third-order valence-corrected chi connectivity index (χ3v) is 7.41. The van der Waals surface area contributed by atoms with Crippen molar-refractivity contribution in [2.75, 3.05) is 0 Å². The summed E-state index contributed by atoms with van der Waals surface area (Å²) >= 11 is 0. The Morgan fingerprint density at radius 2 is 1.84 bits per heavy atom. The molecule has 0 radical (unpaired) electrons. The van der Waals surface area contributed by atoms with E-state index in [9.17, 15) is 39.7 Å². The number of phenols is 1.